The van der Waals surface area contributed by atoms with Crippen molar-refractivity contribution in [3.63, 3.8) is 0 Å². The van der Waals surface area contributed by atoms with Crippen LogP contribution >= 0.6 is 0 Å². The fourth-order valence-electron chi connectivity index (χ4n) is 3.59. The maximum Gasteiger partial charge on any atom is 0.243 e. The molecule has 5 nitrogen and oxygen atoms in total. The molecule has 0 spiro atoms. The van der Waals surface area contributed by atoms with Gasteiger partial charge in [0, 0.05) is 24.7 Å². The highest BCUT2D eigenvalue weighted by molar-refractivity contribution is 7.89. The van der Waals surface area contributed by atoms with Crippen molar-refractivity contribution in [3.8, 4) is 0 Å². The Balaban J connectivity index is 1.71. The highest BCUT2D eigenvalue weighted by atomic mass is 32.2. The summed E-state index contributed by atoms with van der Waals surface area (Å²) in [5.74, 6) is -0.153. The van der Waals surface area contributed by atoms with E-state index < -0.39 is 10.0 Å². The van der Waals surface area contributed by atoms with Crippen molar-refractivity contribution in [2.24, 2.45) is 0 Å². The SMILES string of the molecule is CCc1ccc(NC(=O)C[C@H]2CCCCN2S(=O)(=O)c2ccc(C)cc2)cc1. The highest BCUT2D eigenvalue weighted by Gasteiger charge is 2.34. The van der Waals surface area contributed by atoms with E-state index in [0.29, 0.717) is 17.9 Å². The lowest BCUT2D eigenvalue weighted by Crippen LogP contribution is -2.45. The number of benzene rings is 2. The smallest absolute Gasteiger partial charge is 0.243 e. The Bertz CT molecular complexity index is 906. The molecule has 6 heteroatoms. The van der Waals surface area contributed by atoms with Crippen LogP contribution in [-0.2, 0) is 21.2 Å². The first kappa shape index (κ1) is 20.6. The lowest BCUT2D eigenvalue weighted by atomic mass is 10.0. The normalized spacial score (nSPS) is 18.0. The van der Waals surface area contributed by atoms with Gasteiger partial charge < -0.3 is 5.32 Å². The van der Waals surface area contributed by atoms with E-state index in [0.717, 1.165) is 30.5 Å². The fraction of sp³-hybridized carbons (Fsp3) is 0.409. The molecule has 1 aliphatic heterocycles. The minimum Gasteiger partial charge on any atom is -0.326 e. The summed E-state index contributed by atoms with van der Waals surface area (Å²) in [5, 5.41) is 2.90. The number of anilines is 1. The van der Waals surface area contributed by atoms with Crippen LogP contribution in [0, 0.1) is 6.92 Å². The van der Waals surface area contributed by atoms with Crippen LogP contribution in [0.5, 0.6) is 0 Å². The molecule has 150 valence electrons. The van der Waals surface area contributed by atoms with E-state index in [2.05, 4.69) is 12.2 Å². The van der Waals surface area contributed by atoms with Crippen molar-refractivity contribution >= 4 is 21.6 Å². The number of hydrogen-bond donors (Lipinski definition) is 1. The predicted molar refractivity (Wildman–Crippen MR) is 112 cm³/mol. The number of sulfonamides is 1. The Morgan fingerprint density at radius 1 is 1.07 bits per heavy atom. The number of carbonyl (C=O) groups excluding carboxylic acids is 1. The molecule has 0 bridgehead atoms. The number of aryl methyl sites for hydroxylation is 2. The molecule has 1 saturated heterocycles. The second kappa shape index (κ2) is 8.88. The minimum absolute atomic E-state index is 0.153. The van der Waals surface area contributed by atoms with Gasteiger partial charge in [0.1, 0.15) is 0 Å². The van der Waals surface area contributed by atoms with Crippen LogP contribution in [0.25, 0.3) is 0 Å². The molecule has 1 aliphatic rings. The van der Waals surface area contributed by atoms with E-state index in [9.17, 15) is 13.2 Å². The number of nitrogens with one attached hydrogen (secondary N) is 1. The van der Waals surface area contributed by atoms with E-state index in [1.165, 1.54) is 9.87 Å². The molecule has 1 heterocycles. The van der Waals surface area contributed by atoms with Gasteiger partial charge in [-0.05, 0) is 56.0 Å². The Kier molecular flexibility index (Phi) is 6.52. The Morgan fingerprint density at radius 3 is 2.39 bits per heavy atom. The molecule has 1 fully saturated rings. The molecular weight excluding hydrogens is 372 g/mol. The molecule has 1 amide bonds. The van der Waals surface area contributed by atoms with E-state index >= 15 is 0 Å². The van der Waals surface area contributed by atoms with Crippen molar-refractivity contribution in [3.05, 3.63) is 59.7 Å². The van der Waals surface area contributed by atoms with Gasteiger partial charge in [0.25, 0.3) is 0 Å². The molecule has 0 aromatic heterocycles. The molecule has 1 N–H and O–H groups in total. The van der Waals surface area contributed by atoms with Crippen LogP contribution in [0.4, 0.5) is 5.69 Å². The van der Waals surface area contributed by atoms with Crippen LogP contribution in [0.2, 0.25) is 0 Å². The molecule has 0 saturated carbocycles. The van der Waals surface area contributed by atoms with Crippen molar-refractivity contribution < 1.29 is 13.2 Å². The van der Waals surface area contributed by atoms with Gasteiger partial charge in [-0.3, -0.25) is 4.79 Å². The number of amides is 1. The van der Waals surface area contributed by atoms with Gasteiger partial charge in [0.2, 0.25) is 15.9 Å². The summed E-state index contributed by atoms with van der Waals surface area (Å²) < 4.78 is 27.7. The second-order valence-electron chi connectivity index (χ2n) is 7.38. The lowest BCUT2D eigenvalue weighted by molar-refractivity contribution is -0.117. The first-order valence-electron chi connectivity index (χ1n) is 9.87. The third-order valence-corrected chi connectivity index (χ3v) is 7.23. The van der Waals surface area contributed by atoms with Crippen LogP contribution in [0.1, 0.15) is 43.7 Å². The molecule has 2 aromatic rings. The number of piperidine rings is 1. The average Bonchev–Trinajstić information content (AvgIpc) is 2.69. The molecule has 3 rings (SSSR count). The summed E-state index contributed by atoms with van der Waals surface area (Å²) >= 11 is 0. The molecule has 1 atom stereocenters. The summed E-state index contributed by atoms with van der Waals surface area (Å²) in [6.07, 6.45) is 3.57. The van der Waals surface area contributed by atoms with Gasteiger partial charge in [0.15, 0.2) is 0 Å². The Morgan fingerprint density at radius 2 is 1.75 bits per heavy atom. The average molecular weight is 401 g/mol. The largest absolute Gasteiger partial charge is 0.326 e. The van der Waals surface area contributed by atoms with Gasteiger partial charge in [-0.2, -0.15) is 4.31 Å². The van der Waals surface area contributed by atoms with Crippen molar-refractivity contribution in [2.75, 3.05) is 11.9 Å². The topological polar surface area (TPSA) is 66.5 Å². The van der Waals surface area contributed by atoms with E-state index in [-0.39, 0.29) is 18.4 Å². The summed E-state index contributed by atoms with van der Waals surface area (Å²) in [7, 11) is -3.60. The van der Waals surface area contributed by atoms with Crippen LogP contribution in [-0.4, -0.2) is 31.2 Å². The first-order chi connectivity index (χ1) is 13.4. The van der Waals surface area contributed by atoms with E-state index in [4.69, 9.17) is 0 Å². The molecule has 0 radical (unpaired) electrons. The number of carbonyl (C=O) groups is 1. The van der Waals surface area contributed by atoms with Gasteiger partial charge in [0.05, 0.1) is 4.90 Å². The summed E-state index contributed by atoms with van der Waals surface area (Å²) in [4.78, 5) is 12.8. The molecule has 0 aliphatic carbocycles. The number of hydrogen-bond acceptors (Lipinski definition) is 3. The molecule has 28 heavy (non-hydrogen) atoms. The monoisotopic (exact) mass is 400 g/mol. The lowest BCUT2D eigenvalue weighted by Gasteiger charge is -2.34. The summed E-state index contributed by atoms with van der Waals surface area (Å²) in [5.41, 5.74) is 2.97. The number of nitrogens with zero attached hydrogens (tertiary/aromatic N) is 1. The zero-order chi connectivity index (χ0) is 20.1. The zero-order valence-electron chi connectivity index (χ0n) is 16.5. The summed E-state index contributed by atoms with van der Waals surface area (Å²) in [6.45, 7) is 4.47. The van der Waals surface area contributed by atoms with Crippen molar-refractivity contribution in [2.45, 2.75) is 56.9 Å². The van der Waals surface area contributed by atoms with Crippen LogP contribution in [0.15, 0.2) is 53.4 Å². The second-order valence-corrected chi connectivity index (χ2v) is 9.27. The maximum absolute atomic E-state index is 13.1. The van der Waals surface area contributed by atoms with Gasteiger partial charge in [-0.1, -0.05) is 43.2 Å². The molecule has 0 unspecified atom stereocenters. The summed E-state index contributed by atoms with van der Waals surface area (Å²) in [6, 6.07) is 14.3. The van der Waals surface area contributed by atoms with Crippen LogP contribution in [0.3, 0.4) is 0 Å². The standard InChI is InChI=1S/C22H28N2O3S/c1-3-18-9-11-19(12-10-18)23-22(25)16-20-6-4-5-15-24(20)28(26,27)21-13-7-17(2)8-14-21/h7-14,20H,3-6,15-16H2,1-2H3,(H,23,25)/t20-/m1/s1. The third kappa shape index (κ3) is 4.80. The van der Waals surface area contributed by atoms with E-state index in [1.54, 1.807) is 24.3 Å². The molecule has 2 aromatic carbocycles. The maximum atomic E-state index is 13.1. The predicted octanol–water partition coefficient (Wildman–Crippen LogP) is 4.13. The number of rotatable bonds is 6. The first-order valence-corrected chi connectivity index (χ1v) is 11.3. The van der Waals surface area contributed by atoms with Crippen LogP contribution < -0.4 is 5.32 Å². The highest BCUT2D eigenvalue weighted by Crippen LogP contribution is 2.27. The van der Waals surface area contributed by atoms with Gasteiger partial charge >= 0.3 is 0 Å². The van der Waals surface area contributed by atoms with Crippen molar-refractivity contribution in [1.29, 1.82) is 0 Å². The third-order valence-electron chi connectivity index (χ3n) is 5.27. The minimum atomic E-state index is -3.60. The Labute approximate surface area is 167 Å². The zero-order valence-corrected chi connectivity index (χ0v) is 17.3. The quantitative estimate of drug-likeness (QED) is 0.793. The van der Waals surface area contributed by atoms with E-state index in [1.807, 2.05) is 31.2 Å². The Hall–Kier alpha value is -2.18. The fourth-order valence-corrected chi connectivity index (χ4v) is 5.28. The van der Waals surface area contributed by atoms with Gasteiger partial charge in [-0.25, -0.2) is 8.42 Å². The molecular formula is C22H28N2O3S. The van der Waals surface area contributed by atoms with Gasteiger partial charge in [-0.15, -0.1) is 0 Å². The van der Waals surface area contributed by atoms with Crippen molar-refractivity contribution in [1.82, 2.24) is 4.31 Å².